The topological polar surface area (TPSA) is 41.1 Å². The molecule has 3 nitrogen and oxygen atoms in total. The molecule has 24 heavy (non-hydrogen) atoms. The fourth-order valence-corrected chi connectivity index (χ4v) is 2.79. The molecule has 0 bridgehead atoms. The van der Waals surface area contributed by atoms with E-state index in [1.54, 1.807) is 0 Å². The fourth-order valence-electron chi connectivity index (χ4n) is 2.57. The maximum atomic E-state index is 12.9. The standard InChI is InChI=1S/C17H14ClF3N2O/c18-14-7-6-12(10-13(14)17(19,20)21)22-15(24)23-16(8-9-16)11-4-2-1-3-5-11/h1-7,10H,8-9H2,(H2,22,23,24). The summed E-state index contributed by atoms with van der Waals surface area (Å²) in [4.78, 5) is 12.2. The number of alkyl halides is 3. The van der Waals surface area contributed by atoms with Crippen LogP contribution in [-0.2, 0) is 11.7 Å². The van der Waals surface area contributed by atoms with Crippen LogP contribution in [0.4, 0.5) is 23.7 Å². The molecule has 126 valence electrons. The van der Waals surface area contributed by atoms with Crippen molar-refractivity contribution >= 4 is 23.3 Å². The van der Waals surface area contributed by atoms with E-state index in [4.69, 9.17) is 11.6 Å². The monoisotopic (exact) mass is 354 g/mol. The first kappa shape index (κ1) is 16.6. The summed E-state index contributed by atoms with van der Waals surface area (Å²) < 4.78 is 38.6. The van der Waals surface area contributed by atoms with Gasteiger partial charge in [0.1, 0.15) is 0 Å². The molecule has 0 aromatic heterocycles. The van der Waals surface area contributed by atoms with E-state index in [0.29, 0.717) is 0 Å². The molecular weight excluding hydrogens is 341 g/mol. The molecule has 2 N–H and O–H groups in total. The Morgan fingerprint density at radius 3 is 2.33 bits per heavy atom. The molecule has 1 saturated carbocycles. The Morgan fingerprint density at radius 2 is 1.75 bits per heavy atom. The molecule has 2 aromatic rings. The van der Waals surface area contributed by atoms with Crippen molar-refractivity contribution in [3.63, 3.8) is 0 Å². The zero-order valence-electron chi connectivity index (χ0n) is 12.5. The van der Waals surface area contributed by atoms with E-state index >= 15 is 0 Å². The Balaban J connectivity index is 1.72. The van der Waals surface area contributed by atoms with Crippen molar-refractivity contribution in [3.8, 4) is 0 Å². The van der Waals surface area contributed by atoms with Crippen LogP contribution in [0.15, 0.2) is 48.5 Å². The zero-order chi connectivity index (χ0) is 17.4. The Morgan fingerprint density at radius 1 is 1.08 bits per heavy atom. The largest absolute Gasteiger partial charge is 0.417 e. The fraction of sp³-hybridized carbons (Fsp3) is 0.235. The zero-order valence-corrected chi connectivity index (χ0v) is 13.2. The number of benzene rings is 2. The summed E-state index contributed by atoms with van der Waals surface area (Å²) in [6.45, 7) is 0. The first-order valence-corrected chi connectivity index (χ1v) is 7.69. The molecule has 0 atom stereocenters. The molecule has 2 aromatic carbocycles. The van der Waals surface area contributed by atoms with Crippen molar-refractivity contribution in [2.24, 2.45) is 0 Å². The maximum absolute atomic E-state index is 12.9. The molecule has 0 aliphatic heterocycles. The van der Waals surface area contributed by atoms with E-state index in [1.165, 1.54) is 6.07 Å². The second-order valence-electron chi connectivity index (χ2n) is 5.72. The van der Waals surface area contributed by atoms with Crippen molar-refractivity contribution in [2.75, 3.05) is 5.32 Å². The van der Waals surface area contributed by atoms with Gasteiger partial charge in [-0.2, -0.15) is 13.2 Å². The van der Waals surface area contributed by atoms with Gasteiger partial charge in [-0.3, -0.25) is 0 Å². The third-order valence-electron chi connectivity index (χ3n) is 3.96. The van der Waals surface area contributed by atoms with Gasteiger partial charge in [0, 0.05) is 5.69 Å². The molecule has 1 fully saturated rings. The molecule has 2 amide bonds. The molecule has 0 radical (unpaired) electrons. The molecule has 0 spiro atoms. The number of carbonyl (C=O) groups is 1. The van der Waals surface area contributed by atoms with Crippen molar-refractivity contribution in [2.45, 2.75) is 24.6 Å². The quantitative estimate of drug-likeness (QED) is 0.784. The SMILES string of the molecule is O=C(Nc1ccc(Cl)c(C(F)(F)F)c1)NC1(c2ccccc2)CC1. The number of rotatable bonds is 3. The highest BCUT2D eigenvalue weighted by molar-refractivity contribution is 6.31. The maximum Gasteiger partial charge on any atom is 0.417 e. The molecule has 1 aliphatic rings. The van der Waals surface area contributed by atoms with E-state index in [2.05, 4.69) is 10.6 Å². The molecule has 0 saturated heterocycles. The number of hydrogen-bond acceptors (Lipinski definition) is 1. The molecule has 1 aliphatic carbocycles. The number of amides is 2. The van der Waals surface area contributed by atoms with Gasteiger partial charge in [0.15, 0.2) is 0 Å². The second kappa shape index (κ2) is 6.02. The molecule has 0 unspecified atom stereocenters. The van der Waals surface area contributed by atoms with Crippen LogP contribution in [0.1, 0.15) is 24.0 Å². The van der Waals surface area contributed by atoms with Crippen LogP contribution in [0.3, 0.4) is 0 Å². The average molecular weight is 355 g/mol. The van der Waals surface area contributed by atoms with Crippen molar-refractivity contribution in [1.82, 2.24) is 5.32 Å². The highest BCUT2D eigenvalue weighted by Crippen LogP contribution is 2.45. The highest BCUT2D eigenvalue weighted by atomic mass is 35.5. The van der Waals surface area contributed by atoms with E-state index in [0.717, 1.165) is 30.5 Å². The summed E-state index contributed by atoms with van der Waals surface area (Å²) in [5.74, 6) is 0. The van der Waals surface area contributed by atoms with Gasteiger partial charge in [0.25, 0.3) is 0 Å². The highest BCUT2D eigenvalue weighted by Gasteiger charge is 2.45. The van der Waals surface area contributed by atoms with Gasteiger partial charge in [-0.05, 0) is 36.6 Å². The lowest BCUT2D eigenvalue weighted by Gasteiger charge is -2.19. The molecular formula is C17H14ClF3N2O. The van der Waals surface area contributed by atoms with Crippen molar-refractivity contribution < 1.29 is 18.0 Å². The Hall–Kier alpha value is -2.21. The Labute approximate surface area is 141 Å². The number of urea groups is 1. The summed E-state index contributed by atoms with van der Waals surface area (Å²) >= 11 is 5.57. The number of nitrogens with one attached hydrogen (secondary N) is 2. The predicted octanol–water partition coefficient (Wildman–Crippen LogP) is 5.17. The van der Waals surface area contributed by atoms with Gasteiger partial charge in [-0.15, -0.1) is 0 Å². The van der Waals surface area contributed by atoms with Crippen LogP contribution in [-0.4, -0.2) is 6.03 Å². The molecule has 7 heteroatoms. The minimum absolute atomic E-state index is 0.0353. The summed E-state index contributed by atoms with van der Waals surface area (Å²) in [5, 5.41) is 4.87. The van der Waals surface area contributed by atoms with Crippen LogP contribution in [0.25, 0.3) is 0 Å². The number of hydrogen-bond donors (Lipinski definition) is 2. The minimum atomic E-state index is -4.58. The van der Waals surface area contributed by atoms with Gasteiger partial charge < -0.3 is 10.6 Å². The molecule has 0 heterocycles. The van der Waals surface area contributed by atoms with Gasteiger partial charge in [0.05, 0.1) is 16.1 Å². The van der Waals surface area contributed by atoms with E-state index < -0.39 is 28.3 Å². The van der Waals surface area contributed by atoms with Crippen molar-refractivity contribution in [3.05, 3.63) is 64.7 Å². The third kappa shape index (κ3) is 3.48. The van der Waals surface area contributed by atoms with Crippen LogP contribution in [0, 0.1) is 0 Å². The van der Waals surface area contributed by atoms with Crippen LogP contribution in [0.5, 0.6) is 0 Å². The number of carbonyl (C=O) groups excluding carboxylic acids is 1. The lowest BCUT2D eigenvalue weighted by Crippen LogP contribution is -2.38. The predicted molar refractivity (Wildman–Crippen MR) is 86.0 cm³/mol. The number of halogens is 4. The summed E-state index contributed by atoms with van der Waals surface area (Å²) in [6.07, 6.45) is -3.00. The Bertz CT molecular complexity index is 758. The van der Waals surface area contributed by atoms with E-state index in [1.807, 2.05) is 30.3 Å². The first-order valence-electron chi connectivity index (χ1n) is 7.32. The van der Waals surface area contributed by atoms with E-state index in [9.17, 15) is 18.0 Å². The lowest BCUT2D eigenvalue weighted by atomic mass is 10.1. The van der Waals surface area contributed by atoms with Crippen LogP contribution < -0.4 is 10.6 Å². The first-order chi connectivity index (χ1) is 11.3. The smallest absolute Gasteiger partial charge is 0.328 e. The normalized spacial score (nSPS) is 15.7. The van der Waals surface area contributed by atoms with Gasteiger partial charge >= 0.3 is 12.2 Å². The lowest BCUT2D eigenvalue weighted by molar-refractivity contribution is -0.137. The summed E-state index contributed by atoms with van der Waals surface area (Å²) in [5.41, 5.74) is -0.406. The van der Waals surface area contributed by atoms with Crippen LogP contribution >= 0.6 is 11.6 Å². The summed E-state index contributed by atoms with van der Waals surface area (Å²) in [7, 11) is 0. The van der Waals surface area contributed by atoms with Crippen molar-refractivity contribution in [1.29, 1.82) is 0 Å². The minimum Gasteiger partial charge on any atom is -0.328 e. The van der Waals surface area contributed by atoms with Gasteiger partial charge in [-0.1, -0.05) is 41.9 Å². The average Bonchev–Trinajstić information content (AvgIpc) is 3.29. The van der Waals surface area contributed by atoms with Crippen LogP contribution in [0.2, 0.25) is 5.02 Å². The summed E-state index contributed by atoms with van der Waals surface area (Å²) in [6, 6.07) is 12.2. The second-order valence-corrected chi connectivity index (χ2v) is 6.13. The van der Waals surface area contributed by atoms with E-state index in [-0.39, 0.29) is 5.69 Å². The Kier molecular flexibility index (Phi) is 4.17. The third-order valence-corrected chi connectivity index (χ3v) is 4.29. The van der Waals surface area contributed by atoms with Gasteiger partial charge in [0.2, 0.25) is 0 Å². The van der Waals surface area contributed by atoms with Gasteiger partial charge in [-0.25, -0.2) is 4.79 Å². The number of anilines is 1. The molecule has 3 rings (SSSR count).